The normalized spacial score (nSPS) is 20.5. The SMILES string of the molecule is O=C(NCC1NCCc2ccccc21)c1cc(C2CC2)on1. The monoisotopic (exact) mass is 297 g/mol. The van der Waals surface area contributed by atoms with Gasteiger partial charge in [-0.25, -0.2) is 0 Å². The zero-order valence-electron chi connectivity index (χ0n) is 12.3. The molecule has 2 aromatic rings. The second-order valence-corrected chi connectivity index (χ2v) is 6.05. The Bertz CT molecular complexity index is 691. The van der Waals surface area contributed by atoms with Crippen molar-refractivity contribution in [3.05, 3.63) is 52.9 Å². The minimum Gasteiger partial charge on any atom is -0.360 e. The number of hydrogen-bond donors (Lipinski definition) is 2. The van der Waals surface area contributed by atoms with Crippen molar-refractivity contribution in [2.24, 2.45) is 0 Å². The van der Waals surface area contributed by atoms with Crippen molar-refractivity contribution in [2.45, 2.75) is 31.2 Å². The van der Waals surface area contributed by atoms with Crippen LogP contribution >= 0.6 is 0 Å². The Balaban J connectivity index is 1.41. The van der Waals surface area contributed by atoms with Crippen molar-refractivity contribution in [3.8, 4) is 0 Å². The Kier molecular flexibility index (Phi) is 3.42. The summed E-state index contributed by atoms with van der Waals surface area (Å²) in [6, 6.07) is 10.3. The zero-order chi connectivity index (χ0) is 14.9. The van der Waals surface area contributed by atoms with Crippen LogP contribution in [0.5, 0.6) is 0 Å². The molecule has 2 N–H and O–H groups in total. The van der Waals surface area contributed by atoms with E-state index in [1.54, 1.807) is 6.07 Å². The van der Waals surface area contributed by atoms with Crippen LogP contribution in [0.3, 0.4) is 0 Å². The van der Waals surface area contributed by atoms with E-state index in [1.165, 1.54) is 11.1 Å². The average molecular weight is 297 g/mol. The number of nitrogens with zero attached hydrogens (tertiary/aromatic N) is 1. The molecule has 1 fully saturated rings. The number of fused-ring (bicyclic) bond motifs is 1. The van der Waals surface area contributed by atoms with E-state index in [1.807, 2.05) is 6.07 Å². The fourth-order valence-electron chi connectivity index (χ4n) is 3.02. The molecule has 1 aliphatic carbocycles. The van der Waals surface area contributed by atoms with Crippen LogP contribution in [-0.4, -0.2) is 24.2 Å². The van der Waals surface area contributed by atoms with Crippen LogP contribution in [0.1, 0.15) is 52.2 Å². The first kappa shape index (κ1) is 13.5. The zero-order valence-corrected chi connectivity index (χ0v) is 12.3. The molecule has 0 radical (unpaired) electrons. The van der Waals surface area contributed by atoms with Crippen molar-refractivity contribution in [1.29, 1.82) is 0 Å². The van der Waals surface area contributed by atoms with Crippen molar-refractivity contribution in [3.63, 3.8) is 0 Å². The number of benzene rings is 1. The summed E-state index contributed by atoms with van der Waals surface area (Å²) in [6.45, 7) is 1.49. The lowest BCUT2D eigenvalue weighted by Gasteiger charge is -2.26. The summed E-state index contributed by atoms with van der Waals surface area (Å²) in [5.74, 6) is 1.15. The number of rotatable bonds is 4. The summed E-state index contributed by atoms with van der Waals surface area (Å²) in [4.78, 5) is 12.2. The van der Waals surface area contributed by atoms with Gasteiger partial charge in [0.2, 0.25) is 0 Å². The molecule has 0 saturated heterocycles. The highest BCUT2D eigenvalue weighted by Crippen LogP contribution is 2.40. The van der Waals surface area contributed by atoms with Crippen LogP contribution in [0, 0.1) is 0 Å². The smallest absolute Gasteiger partial charge is 0.273 e. The maximum absolute atomic E-state index is 12.2. The molecule has 1 saturated carbocycles. The van der Waals surface area contributed by atoms with E-state index in [0.29, 0.717) is 18.2 Å². The van der Waals surface area contributed by atoms with Gasteiger partial charge in [0.25, 0.3) is 5.91 Å². The van der Waals surface area contributed by atoms with Crippen molar-refractivity contribution in [1.82, 2.24) is 15.8 Å². The molecule has 5 heteroatoms. The lowest BCUT2D eigenvalue weighted by molar-refractivity contribution is 0.0940. The van der Waals surface area contributed by atoms with Crippen LogP contribution in [0.2, 0.25) is 0 Å². The highest BCUT2D eigenvalue weighted by atomic mass is 16.5. The van der Waals surface area contributed by atoms with Crippen LogP contribution in [0.15, 0.2) is 34.9 Å². The maximum Gasteiger partial charge on any atom is 0.273 e. The molecular weight excluding hydrogens is 278 g/mol. The Morgan fingerprint density at radius 1 is 1.36 bits per heavy atom. The van der Waals surface area contributed by atoms with Gasteiger partial charge in [0.1, 0.15) is 5.76 Å². The number of carbonyl (C=O) groups is 1. The quantitative estimate of drug-likeness (QED) is 0.907. The van der Waals surface area contributed by atoms with E-state index in [0.717, 1.165) is 31.6 Å². The Morgan fingerprint density at radius 3 is 3.09 bits per heavy atom. The minimum atomic E-state index is -0.166. The molecule has 0 bridgehead atoms. The van der Waals surface area contributed by atoms with Gasteiger partial charge in [-0.3, -0.25) is 4.79 Å². The van der Waals surface area contributed by atoms with E-state index in [9.17, 15) is 4.79 Å². The molecule has 1 aromatic carbocycles. The van der Waals surface area contributed by atoms with Crippen LogP contribution in [0.25, 0.3) is 0 Å². The van der Waals surface area contributed by atoms with Crippen LogP contribution in [-0.2, 0) is 6.42 Å². The fraction of sp³-hybridized carbons (Fsp3) is 0.412. The summed E-state index contributed by atoms with van der Waals surface area (Å²) < 4.78 is 5.23. The van der Waals surface area contributed by atoms with E-state index in [2.05, 4.69) is 34.0 Å². The Morgan fingerprint density at radius 2 is 2.23 bits per heavy atom. The number of nitrogens with one attached hydrogen (secondary N) is 2. The van der Waals surface area contributed by atoms with Crippen LogP contribution < -0.4 is 10.6 Å². The number of carbonyl (C=O) groups excluding carboxylic acids is 1. The molecule has 5 nitrogen and oxygen atoms in total. The van der Waals surface area contributed by atoms with Gasteiger partial charge >= 0.3 is 0 Å². The van der Waals surface area contributed by atoms with Crippen molar-refractivity contribution >= 4 is 5.91 Å². The average Bonchev–Trinajstić information content (AvgIpc) is 3.29. The molecule has 2 aliphatic rings. The maximum atomic E-state index is 12.2. The molecule has 4 rings (SSSR count). The summed E-state index contributed by atoms with van der Waals surface area (Å²) in [5.41, 5.74) is 3.01. The minimum absolute atomic E-state index is 0.156. The van der Waals surface area contributed by atoms with E-state index < -0.39 is 0 Å². The van der Waals surface area contributed by atoms with Gasteiger partial charge in [-0.05, 0) is 36.9 Å². The molecule has 0 spiro atoms. The second kappa shape index (κ2) is 5.57. The highest BCUT2D eigenvalue weighted by Gasteiger charge is 2.29. The molecule has 1 atom stereocenters. The molecule has 1 amide bonds. The van der Waals surface area contributed by atoms with E-state index in [4.69, 9.17) is 4.52 Å². The largest absolute Gasteiger partial charge is 0.360 e. The summed E-state index contributed by atoms with van der Waals surface area (Å²) in [7, 11) is 0. The van der Waals surface area contributed by atoms with Gasteiger partial charge in [0, 0.05) is 24.6 Å². The second-order valence-electron chi connectivity index (χ2n) is 6.05. The van der Waals surface area contributed by atoms with Gasteiger partial charge in [-0.15, -0.1) is 0 Å². The molecule has 22 heavy (non-hydrogen) atoms. The molecule has 1 aromatic heterocycles. The fourth-order valence-corrected chi connectivity index (χ4v) is 3.02. The third kappa shape index (κ3) is 2.64. The van der Waals surface area contributed by atoms with E-state index in [-0.39, 0.29) is 11.9 Å². The van der Waals surface area contributed by atoms with Crippen LogP contribution in [0.4, 0.5) is 0 Å². The van der Waals surface area contributed by atoms with Gasteiger partial charge in [0.15, 0.2) is 5.69 Å². The summed E-state index contributed by atoms with van der Waals surface area (Å²) >= 11 is 0. The van der Waals surface area contributed by atoms with Crippen molar-refractivity contribution < 1.29 is 9.32 Å². The number of aromatic nitrogens is 1. The summed E-state index contributed by atoms with van der Waals surface area (Å²) in [5, 5.41) is 10.3. The molecule has 114 valence electrons. The molecule has 1 aliphatic heterocycles. The topological polar surface area (TPSA) is 67.2 Å². The third-order valence-corrected chi connectivity index (χ3v) is 4.42. The standard InChI is InChI=1S/C17H19N3O2/c21-17(14-9-16(22-20-14)12-5-6-12)19-10-15-13-4-2-1-3-11(13)7-8-18-15/h1-4,9,12,15,18H,5-8,10H2,(H,19,21). The lowest BCUT2D eigenvalue weighted by Crippen LogP contribution is -2.38. The summed E-state index contributed by atoms with van der Waals surface area (Å²) in [6.07, 6.45) is 3.31. The van der Waals surface area contributed by atoms with Gasteiger partial charge < -0.3 is 15.2 Å². The van der Waals surface area contributed by atoms with Gasteiger partial charge in [-0.2, -0.15) is 0 Å². The van der Waals surface area contributed by atoms with Gasteiger partial charge in [0.05, 0.1) is 0 Å². The highest BCUT2D eigenvalue weighted by molar-refractivity contribution is 5.92. The Hall–Kier alpha value is -2.14. The molecule has 2 heterocycles. The van der Waals surface area contributed by atoms with Crippen molar-refractivity contribution in [2.75, 3.05) is 13.1 Å². The predicted molar refractivity (Wildman–Crippen MR) is 81.7 cm³/mol. The third-order valence-electron chi connectivity index (χ3n) is 4.42. The molecule has 1 unspecified atom stereocenters. The predicted octanol–water partition coefficient (Wildman–Crippen LogP) is 2.17. The number of amides is 1. The lowest BCUT2D eigenvalue weighted by atomic mass is 9.94. The number of hydrogen-bond acceptors (Lipinski definition) is 4. The Labute approximate surface area is 129 Å². The first-order valence-corrected chi connectivity index (χ1v) is 7.87. The van der Waals surface area contributed by atoms with Gasteiger partial charge in [-0.1, -0.05) is 29.4 Å². The first-order chi connectivity index (χ1) is 10.8. The molecular formula is C17H19N3O2. The van der Waals surface area contributed by atoms with E-state index >= 15 is 0 Å². The first-order valence-electron chi connectivity index (χ1n) is 7.87.